The number of amides is 4. The van der Waals surface area contributed by atoms with Crippen molar-refractivity contribution in [2.24, 2.45) is 23.3 Å². The normalized spacial score (nSPS) is 16.8. The number of rotatable bonds is 14. The number of primary amides is 1. The van der Waals surface area contributed by atoms with Crippen LogP contribution in [0.3, 0.4) is 0 Å². The number of carboxylic acid groups (broad SMARTS) is 1. The summed E-state index contributed by atoms with van der Waals surface area (Å²) in [6.45, 7) is 8.58. The highest BCUT2D eigenvalue weighted by Gasteiger charge is 2.33. The number of hydrogen-bond acceptors (Lipinski definition) is 7. The molecule has 0 radical (unpaired) electrons. The lowest BCUT2D eigenvalue weighted by atomic mass is 9.97. The molecule has 0 aromatic carbocycles. The van der Waals surface area contributed by atoms with E-state index in [0.717, 1.165) is 0 Å². The largest absolute Gasteiger partial charge is 0.480 e. The Balaban J connectivity index is 5.48. The molecule has 0 rings (SSSR count). The highest BCUT2D eigenvalue weighted by Crippen LogP contribution is 2.10. The van der Waals surface area contributed by atoms with Gasteiger partial charge in [0.2, 0.25) is 23.6 Å². The first-order chi connectivity index (χ1) is 14.7. The van der Waals surface area contributed by atoms with E-state index < -0.39 is 66.3 Å². The fraction of sp³-hybridized carbons (Fsp3) is 0.750. The summed E-state index contributed by atoms with van der Waals surface area (Å²) >= 11 is 0. The van der Waals surface area contributed by atoms with Crippen molar-refractivity contribution in [3.63, 3.8) is 0 Å². The fourth-order valence-corrected chi connectivity index (χ4v) is 2.81. The van der Waals surface area contributed by atoms with Gasteiger partial charge >= 0.3 is 5.97 Å². The van der Waals surface area contributed by atoms with Crippen LogP contribution in [-0.4, -0.2) is 70.1 Å². The van der Waals surface area contributed by atoms with E-state index in [1.165, 1.54) is 6.92 Å². The van der Waals surface area contributed by atoms with Crippen LogP contribution in [0, 0.1) is 11.8 Å². The molecule has 6 unspecified atom stereocenters. The average molecular weight is 460 g/mol. The van der Waals surface area contributed by atoms with Crippen LogP contribution in [-0.2, 0) is 24.0 Å². The minimum Gasteiger partial charge on any atom is -0.480 e. The number of aliphatic hydroxyl groups is 1. The first-order valence-corrected chi connectivity index (χ1v) is 10.6. The number of aliphatic carboxylic acids is 1. The summed E-state index contributed by atoms with van der Waals surface area (Å²) in [6.07, 6.45) is -1.17. The first kappa shape index (κ1) is 29.3. The predicted octanol–water partition coefficient (Wildman–Crippen LogP) is -1.80. The molecule has 0 saturated heterocycles. The fourth-order valence-electron chi connectivity index (χ4n) is 2.81. The number of hydrogen-bond donors (Lipinski definition) is 7. The maximum atomic E-state index is 12.8. The van der Waals surface area contributed by atoms with Crippen LogP contribution >= 0.6 is 0 Å². The standard InChI is InChI=1S/C20H37N5O7/c1-6-10(4)15(22)18(29)23-12(7-9(2)3)17(28)25-16(11(5)26)19(30)24-13(20(31)32)8-14(21)27/h9-13,15-16,26H,6-8,22H2,1-5H3,(H2,21,27)(H,23,29)(H,24,30)(H,25,28)(H,31,32). The average Bonchev–Trinajstić information content (AvgIpc) is 2.68. The van der Waals surface area contributed by atoms with Gasteiger partial charge in [0, 0.05) is 0 Å². The van der Waals surface area contributed by atoms with Crippen LogP contribution in [0.4, 0.5) is 0 Å². The van der Waals surface area contributed by atoms with E-state index in [9.17, 15) is 29.1 Å². The van der Waals surface area contributed by atoms with E-state index in [2.05, 4.69) is 16.0 Å². The molecule has 4 amide bonds. The van der Waals surface area contributed by atoms with Gasteiger partial charge in [-0.15, -0.1) is 0 Å². The van der Waals surface area contributed by atoms with Crippen molar-refractivity contribution in [2.75, 3.05) is 0 Å². The zero-order valence-corrected chi connectivity index (χ0v) is 19.3. The Kier molecular flexibility index (Phi) is 12.5. The SMILES string of the molecule is CCC(C)C(N)C(=O)NC(CC(C)C)C(=O)NC(C(=O)NC(CC(N)=O)C(=O)O)C(C)O. The van der Waals surface area contributed by atoms with Crippen LogP contribution in [0.25, 0.3) is 0 Å². The Morgan fingerprint density at radius 2 is 1.41 bits per heavy atom. The number of nitrogens with one attached hydrogen (secondary N) is 3. The predicted molar refractivity (Wildman–Crippen MR) is 116 cm³/mol. The number of carbonyl (C=O) groups is 5. The van der Waals surface area contributed by atoms with Gasteiger partial charge in [-0.2, -0.15) is 0 Å². The van der Waals surface area contributed by atoms with Crippen LogP contribution in [0.2, 0.25) is 0 Å². The molecule has 0 heterocycles. The zero-order chi connectivity index (χ0) is 25.2. The Morgan fingerprint density at radius 3 is 1.81 bits per heavy atom. The van der Waals surface area contributed by atoms with E-state index in [-0.39, 0.29) is 18.3 Å². The highest BCUT2D eigenvalue weighted by atomic mass is 16.4. The van der Waals surface area contributed by atoms with Crippen molar-refractivity contribution < 1.29 is 34.2 Å². The van der Waals surface area contributed by atoms with Gasteiger partial charge in [0.25, 0.3) is 0 Å². The van der Waals surface area contributed by atoms with E-state index in [0.29, 0.717) is 6.42 Å². The van der Waals surface area contributed by atoms with E-state index in [4.69, 9.17) is 16.6 Å². The molecule has 9 N–H and O–H groups in total. The minimum atomic E-state index is -1.63. The van der Waals surface area contributed by atoms with Crippen molar-refractivity contribution in [1.82, 2.24) is 16.0 Å². The number of aliphatic hydroxyl groups excluding tert-OH is 1. The molecule has 12 heteroatoms. The van der Waals surface area contributed by atoms with Crippen LogP contribution in [0.5, 0.6) is 0 Å². The zero-order valence-electron chi connectivity index (χ0n) is 19.3. The summed E-state index contributed by atoms with van der Waals surface area (Å²) < 4.78 is 0. The first-order valence-electron chi connectivity index (χ1n) is 10.6. The van der Waals surface area contributed by atoms with Gasteiger partial charge in [-0.05, 0) is 25.2 Å². The van der Waals surface area contributed by atoms with Gasteiger partial charge in [-0.1, -0.05) is 34.1 Å². The molecule has 0 aromatic rings. The van der Waals surface area contributed by atoms with E-state index >= 15 is 0 Å². The molecule has 0 saturated carbocycles. The van der Waals surface area contributed by atoms with E-state index in [1.807, 2.05) is 20.8 Å². The number of nitrogens with two attached hydrogens (primary N) is 2. The second-order valence-electron chi connectivity index (χ2n) is 8.40. The van der Waals surface area contributed by atoms with E-state index in [1.54, 1.807) is 6.92 Å². The maximum Gasteiger partial charge on any atom is 0.326 e. The molecule has 0 aliphatic rings. The molecule has 12 nitrogen and oxygen atoms in total. The molecule has 6 atom stereocenters. The summed E-state index contributed by atoms with van der Waals surface area (Å²) in [5, 5.41) is 26.1. The Bertz CT molecular complexity index is 683. The van der Waals surface area contributed by atoms with Gasteiger partial charge in [0.05, 0.1) is 18.6 Å². The maximum absolute atomic E-state index is 12.8. The quantitative estimate of drug-likeness (QED) is 0.157. The van der Waals surface area contributed by atoms with Crippen LogP contribution in [0.15, 0.2) is 0 Å². The molecular formula is C20H37N5O7. The Labute approximate surface area is 187 Å². The van der Waals surface area contributed by atoms with Gasteiger partial charge in [-0.3, -0.25) is 19.2 Å². The summed E-state index contributed by atoms with van der Waals surface area (Å²) in [5.74, 6) is -4.86. The molecule has 32 heavy (non-hydrogen) atoms. The molecule has 0 aromatic heterocycles. The second-order valence-corrected chi connectivity index (χ2v) is 8.40. The van der Waals surface area contributed by atoms with Crippen molar-refractivity contribution in [1.29, 1.82) is 0 Å². The second kappa shape index (κ2) is 13.6. The molecule has 184 valence electrons. The minimum absolute atomic E-state index is 0.00310. The molecule has 0 aliphatic heterocycles. The van der Waals surface area contributed by atoms with Gasteiger partial charge in [-0.25, -0.2) is 4.79 Å². The lowest BCUT2D eigenvalue weighted by Crippen LogP contribution is -2.60. The monoisotopic (exact) mass is 459 g/mol. The van der Waals surface area contributed by atoms with Crippen LogP contribution in [0.1, 0.15) is 53.9 Å². The van der Waals surface area contributed by atoms with Crippen molar-refractivity contribution >= 4 is 29.6 Å². The van der Waals surface area contributed by atoms with Crippen molar-refractivity contribution in [3.05, 3.63) is 0 Å². The van der Waals surface area contributed by atoms with Crippen molar-refractivity contribution in [3.8, 4) is 0 Å². The molecule has 0 fully saturated rings. The third-order valence-electron chi connectivity index (χ3n) is 4.98. The number of carbonyl (C=O) groups excluding carboxylic acids is 4. The third-order valence-corrected chi connectivity index (χ3v) is 4.98. The van der Waals surface area contributed by atoms with Crippen molar-refractivity contribution in [2.45, 2.75) is 84.2 Å². The highest BCUT2D eigenvalue weighted by molar-refractivity contribution is 5.95. The summed E-state index contributed by atoms with van der Waals surface area (Å²) in [6, 6.07) is -5.03. The Morgan fingerprint density at radius 1 is 0.875 bits per heavy atom. The molecule has 0 bridgehead atoms. The summed E-state index contributed by atoms with van der Waals surface area (Å²) in [7, 11) is 0. The molecular weight excluding hydrogens is 422 g/mol. The smallest absolute Gasteiger partial charge is 0.326 e. The molecule has 0 aliphatic carbocycles. The number of carboxylic acids is 1. The summed E-state index contributed by atoms with van der Waals surface area (Å²) in [4.78, 5) is 60.1. The topological polar surface area (TPSA) is 214 Å². The lowest BCUT2D eigenvalue weighted by Gasteiger charge is -2.27. The van der Waals surface area contributed by atoms with Crippen LogP contribution < -0.4 is 27.4 Å². The van der Waals surface area contributed by atoms with Gasteiger partial charge in [0.15, 0.2) is 0 Å². The lowest BCUT2D eigenvalue weighted by molar-refractivity contribution is -0.144. The van der Waals surface area contributed by atoms with Gasteiger partial charge in [0.1, 0.15) is 18.1 Å². The third kappa shape index (κ3) is 10.1. The Hall–Kier alpha value is -2.73. The molecule has 0 spiro atoms. The summed E-state index contributed by atoms with van der Waals surface area (Å²) in [5.41, 5.74) is 10.9. The van der Waals surface area contributed by atoms with Gasteiger partial charge < -0.3 is 37.6 Å².